The van der Waals surface area contributed by atoms with E-state index in [9.17, 15) is 9.90 Å². The number of nitrogens with one attached hydrogen (secondary N) is 1. The van der Waals surface area contributed by atoms with Gasteiger partial charge < -0.3 is 15.3 Å². The van der Waals surface area contributed by atoms with Crippen LogP contribution in [-0.4, -0.2) is 41.7 Å². The molecule has 4 heteroatoms. The number of para-hydroxylation sites is 1. The molecule has 1 amide bonds. The predicted molar refractivity (Wildman–Crippen MR) is 78.8 cm³/mol. The van der Waals surface area contributed by atoms with Crippen molar-refractivity contribution >= 4 is 11.6 Å². The van der Waals surface area contributed by atoms with Gasteiger partial charge in [0.1, 0.15) is 0 Å². The first-order valence-electron chi connectivity index (χ1n) is 7.54. The number of benzene rings is 1. The van der Waals surface area contributed by atoms with E-state index in [-0.39, 0.29) is 12.0 Å². The van der Waals surface area contributed by atoms with Gasteiger partial charge in [0.2, 0.25) is 0 Å². The lowest BCUT2D eigenvalue weighted by Gasteiger charge is -2.30. The Labute approximate surface area is 119 Å². The Morgan fingerprint density at radius 2 is 2.10 bits per heavy atom. The minimum atomic E-state index is -0.376. The number of aliphatic hydroxyl groups excluding tert-OH is 1. The molecule has 0 radical (unpaired) electrons. The highest BCUT2D eigenvalue weighted by Crippen LogP contribution is 2.29. The molecule has 1 atom stereocenters. The van der Waals surface area contributed by atoms with E-state index in [0.717, 1.165) is 43.1 Å². The van der Waals surface area contributed by atoms with Gasteiger partial charge in [0.15, 0.2) is 0 Å². The van der Waals surface area contributed by atoms with E-state index in [0.29, 0.717) is 6.54 Å². The zero-order valence-corrected chi connectivity index (χ0v) is 11.7. The van der Waals surface area contributed by atoms with E-state index >= 15 is 0 Å². The van der Waals surface area contributed by atoms with Gasteiger partial charge in [-0.05, 0) is 43.7 Å². The third-order valence-corrected chi connectivity index (χ3v) is 4.12. The maximum Gasteiger partial charge on any atom is 0.256 e. The molecule has 1 heterocycles. The highest BCUT2D eigenvalue weighted by Gasteiger charge is 2.25. The Hall–Kier alpha value is -1.55. The molecule has 1 saturated carbocycles. The molecule has 2 N–H and O–H groups in total. The molecular weight excluding hydrogens is 252 g/mol. The Bertz CT molecular complexity index is 485. The van der Waals surface area contributed by atoms with E-state index in [2.05, 4.69) is 5.32 Å². The number of anilines is 1. The lowest BCUT2D eigenvalue weighted by Crippen LogP contribution is -2.42. The first kappa shape index (κ1) is 13.4. The number of amides is 1. The van der Waals surface area contributed by atoms with Gasteiger partial charge in [-0.25, -0.2) is 0 Å². The highest BCUT2D eigenvalue weighted by molar-refractivity contribution is 5.99. The van der Waals surface area contributed by atoms with Crippen LogP contribution in [0, 0.1) is 5.92 Å². The second-order valence-corrected chi connectivity index (χ2v) is 5.92. The predicted octanol–water partition coefficient (Wildman–Crippen LogP) is 2.11. The first-order chi connectivity index (χ1) is 9.74. The summed E-state index contributed by atoms with van der Waals surface area (Å²) in [6.45, 7) is 2.15. The molecule has 1 aliphatic carbocycles. The number of nitrogens with zero attached hydrogens (tertiary/aromatic N) is 1. The fraction of sp³-hybridized carbons (Fsp3) is 0.562. The minimum absolute atomic E-state index is 0.0302. The van der Waals surface area contributed by atoms with Gasteiger partial charge in [-0.2, -0.15) is 0 Å². The van der Waals surface area contributed by atoms with Crippen molar-refractivity contribution < 1.29 is 9.90 Å². The molecule has 0 spiro atoms. The van der Waals surface area contributed by atoms with Crippen molar-refractivity contribution in [2.75, 3.05) is 25.0 Å². The summed E-state index contributed by atoms with van der Waals surface area (Å²) in [5.74, 6) is 0.803. The number of rotatable bonds is 4. The average Bonchev–Trinajstić information content (AvgIpc) is 3.29. The van der Waals surface area contributed by atoms with Gasteiger partial charge in [-0.1, -0.05) is 12.1 Å². The number of hydrogen-bond donors (Lipinski definition) is 2. The zero-order valence-electron chi connectivity index (χ0n) is 11.7. The Morgan fingerprint density at radius 1 is 1.30 bits per heavy atom. The number of aliphatic hydroxyl groups is 1. The molecule has 2 fully saturated rings. The molecule has 3 rings (SSSR count). The summed E-state index contributed by atoms with van der Waals surface area (Å²) < 4.78 is 0. The summed E-state index contributed by atoms with van der Waals surface area (Å²) in [6, 6.07) is 7.70. The van der Waals surface area contributed by atoms with Crippen LogP contribution in [0.25, 0.3) is 0 Å². The molecule has 1 unspecified atom stereocenters. The molecule has 108 valence electrons. The van der Waals surface area contributed by atoms with Crippen LogP contribution < -0.4 is 5.32 Å². The van der Waals surface area contributed by atoms with Crippen LogP contribution >= 0.6 is 0 Å². The van der Waals surface area contributed by atoms with Gasteiger partial charge in [0, 0.05) is 25.3 Å². The molecule has 2 aliphatic rings. The van der Waals surface area contributed by atoms with Crippen molar-refractivity contribution in [2.45, 2.75) is 31.8 Å². The molecule has 1 aliphatic heterocycles. The lowest BCUT2D eigenvalue weighted by atomic mass is 10.1. The monoisotopic (exact) mass is 274 g/mol. The van der Waals surface area contributed by atoms with Gasteiger partial charge in [0.25, 0.3) is 5.91 Å². The molecule has 1 saturated heterocycles. The highest BCUT2D eigenvalue weighted by atomic mass is 16.3. The molecule has 20 heavy (non-hydrogen) atoms. The minimum Gasteiger partial charge on any atom is -0.391 e. The summed E-state index contributed by atoms with van der Waals surface area (Å²) >= 11 is 0. The van der Waals surface area contributed by atoms with E-state index in [1.807, 2.05) is 24.3 Å². The van der Waals surface area contributed by atoms with Crippen LogP contribution in [0.15, 0.2) is 24.3 Å². The van der Waals surface area contributed by atoms with Gasteiger partial charge in [-0.15, -0.1) is 0 Å². The maximum absolute atomic E-state index is 12.6. The number of β-amino-alcohol motifs (C(OH)–C–C–N with tert-alkyl or cyclic N) is 1. The average molecular weight is 274 g/mol. The van der Waals surface area contributed by atoms with Crippen molar-refractivity contribution in [3.05, 3.63) is 29.8 Å². The lowest BCUT2D eigenvalue weighted by molar-refractivity contribution is 0.0474. The van der Waals surface area contributed by atoms with Gasteiger partial charge in [0.05, 0.1) is 11.7 Å². The van der Waals surface area contributed by atoms with Crippen LogP contribution in [0.1, 0.15) is 36.0 Å². The second kappa shape index (κ2) is 5.83. The number of carbonyl (C=O) groups is 1. The smallest absolute Gasteiger partial charge is 0.256 e. The summed E-state index contributed by atoms with van der Waals surface area (Å²) in [6.07, 6.45) is 3.89. The molecule has 0 bridgehead atoms. The van der Waals surface area contributed by atoms with Crippen LogP contribution in [0.5, 0.6) is 0 Å². The van der Waals surface area contributed by atoms with E-state index in [1.165, 1.54) is 12.8 Å². The van der Waals surface area contributed by atoms with Crippen LogP contribution in [0.4, 0.5) is 5.69 Å². The summed E-state index contributed by atoms with van der Waals surface area (Å²) in [5.41, 5.74) is 1.65. The zero-order chi connectivity index (χ0) is 13.9. The van der Waals surface area contributed by atoms with Gasteiger partial charge in [-0.3, -0.25) is 4.79 Å². The van der Waals surface area contributed by atoms with Crippen LogP contribution in [0.2, 0.25) is 0 Å². The second-order valence-electron chi connectivity index (χ2n) is 5.92. The van der Waals surface area contributed by atoms with E-state index in [1.54, 1.807) is 4.90 Å². The maximum atomic E-state index is 12.6. The van der Waals surface area contributed by atoms with Gasteiger partial charge >= 0.3 is 0 Å². The van der Waals surface area contributed by atoms with Crippen molar-refractivity contribution in [1.82, 2.24) is 4.90 Å². The molecule has 4 nitrogen and oxygen atoms in total. The molecular formula is C16H22N2O2. The van der Waals surface area contributed by atoms with Crippen LogP contribution in [0.3, 0.4) is 0 Å². The SMILES string of the molecule is O=C(c1ccccc1NCC1CC1)N1CCCC(O)C1. The number of carbonyl (C=O) groups excluding carboxylic acids is 1. The Balaban J connectivity index is 1.72. The number of likely N-dealkylation sites (tertiary alicyclic amines) is 1. The summed E-state index contributed by atoms with van der Waals surface area (Å²) in [4.78, 5) is 14.4. The van der Waals surface area contributed by atoms with Crippen molar-refractivity contribution in [3.63, 3.8) is 0 Å². The normalized spacial score (nSPS) is 22.6. The Morgan fingerprint density at radius 3 is 2.85 bits per heavy atom. The number of piperidine rings is 1. The topological polar surface area (TPSA) is 52.6 Å². The standard InChI is InChI=1S/C16H22N2O2/c19-13-4-3-9-18(11-13)16(20)14-5-1-2-6-15(14)17-10-12-7-8-12/h1-2,5-6,12-13,17,19H,3-4,7-11H2. The third kappa shape index (κ3) is 3.12. The fourth-order valence-corrected chi connectivity index (χ4v) is 2.71. The molecule has 1 aromatic carbocycles. The van der Waals surface area contributed by atoms with E-state index < -0.39 is 0 Å². The third-order valence-electron chi connectivity index (χ3n) is 4.12. The quantitative estimate of drug-likeness (QED) is 0.884. The van der Waals surface area contributed by atoms with E-state index in [4.69, 9.17) is 0 Å². The van der Waals surface area contributed by atoms with Crippen molar-refractivity contribution in [2.24, 2.45) is 5.92 Å². The fourth-order valence-electron chi connectivity index (χ4n) is 2.71. The first-order valence-corrected chi connectivity index (χ1v) is 7.54. The van der Waals surface area contributed by atoms with Crippen LogP contribution in [-0.2, 0) is 0 Å². The van der Waals surface area contributed by atoms with Crippen molar-refractivity contribution in [1.29, 1.82) is 0 Å². The Kier molecular flexibility index (Phi) is 3.92. The largest absolute Gasteiger partial charge is 0.391 e. The summed E-state index contributed by atoms with van der Waals surface area (Å²) in [7, 11) is 0. The van der Waals surface area contributed by atoms with Crippen molar-refractivity contribution in [3.8, 4) is 0 Å². The molecule has 1 aromatic rings. The molecule has 0 aromatic heterocycles. The number of hydrogen-bond acceptors (Lipinski definition) is 3. The summed E-state index contributed by atoms with van der Waals surface area (Å²) in [5, 5.41) is 13.1.